The minimum atomic E-state index is -0.805. The maximum atomic E-state index is 15.0. The van der Waals surface area contributed by atoms with Gasteiger partial charge in [0, 0.05) is 18.0 Å². The fourth-order valence-corrected chi connectivity index (χ4v) is 5.89. The Labute approximate surface area is 236 Å². The summed E-state index contributed by atoms with van der Waals surface area (Å²) in [5.74, 6) is -0.661. The van der Waals surface area contributed by atoms with Crippen molar-refractivity contribution < 1.29 is 13.5 Å². The predicted molar refractivity (Wildman–Crippen MR) is 160 cm³/mol. The Morgan fingerprint density at radius 1 is 0.744 bits per heavy atom. The summed E-state index contributed by atoms with van der Waals surface area (Å²) < 4.78 is 37.6. The van der Waals surface area contributed by atoms with Crippen molar-refractivity contribution in [3.8, 4) is 27.4 Å². The van der Waals surface area contributed by atoms with Crippen LogP contribution in [0.25, 0.3) is 26.7 Å². The molecule has 2 aromatic heterocycles. The molecular weight excluding hydrogens is 510 g/mol. The highest BCUT2D eigenvalue weighted by atomic mass is 32.1. The average molecular weight is 553 g/mol. The molecule has 0 N–H and O–H groups in total. The van der Waals surface area contributed by atoms with Crippen LogP contribution in [0.3, 0.4) is 0 Å². The van der Waals surface area contributed by atoms with Crippen molar-refractivity contribution in [3.05, 3.63) is 66.0 Å². The maximum absolute atomic E-state index is 15.0. The second-order valence-corrected chi connectivity index (χ2v) is 11.5. The zero-order valence-corrected chi connectivity index (χ0v) is 24.3. The first-order chi connectivity index (χ1) is 19.1. The predicted octanol–water partition coefficient (Wildman–Crippen LogP) is 10.7. The first kappa shape index (κ1) is 29.3. The summed E-state index contributed by atoms with van der Waals surface area (Å²) in [7, 11) is 0. The molecule has 0 amide bonds. The summed E-state index contributed by atoms with van der Waals surface area (Å²) in [6, 6.07) is 11.5. The Bertz CT molecular complexity index is 1260. The van der Waals surface area contributed by atoms with Crippen LogP contribution in [-0.4, -0.2) is 16.0 Å². The lowest BCUT2D eigenvalue weighted by atomic mass is 10.0. The van der Waals surface area contributed by atoms with E-state index in [-0.39, 0.29) is 5.56 Å². The topological polar surface area (TPSA) is 26.5 Å². The minimum Gasteiger partial charge on any atom is -0.494 e. The molecule has 2 aromatic carbocycles. The number of fused-ring (bicyclic) bond motifs is 1. The lowest BCUT2D eigenvalue weighted by molar-refractivity contribution is 0.304. The number of unbranched alkanes of at least 4 members (excludes halogenated alkanes) is 10. The number of hydrogen-bond acceptors (Lipinski definition) is 3. The van der Waals surface area contributed by atoms with Gasteiger partial charge in [0.15, 0.2) is 16.6 Å². The number of rotatable bonds is 17. The zero-order valence-electron chi connectivity index (χ0n) is 23.5. The van der Waals surface area contributed by atoms with E-state index in [1.807, 2.05) is 22.7 Å². The second-order valence-electron chi connectivity index (χ2n) is 10.5. The number of hydrogen-bond donors (Lipinski definition) is 0. The molecule has 4 aromatic rings. The molecule has 0 atom stereocenters. The smallest absolute Gasteiger partial charge is 0.194 e. The Hall–Kier alpha value is -2.73. The fourth-order valence-electron chi connectivity index (χ4n) is 4.92. The molecule has 0 fully saturated rings. The van der Waals surface area contributed by atoms with E-state index in [0.717, 1.165) is 53.4 Å². The molecule has 0 spiro atoms. The molecule has 6 heteroatoms. The van der Waals surface area contributed by atoms with Crippen molar-refractivity contribution in [3.63, 3.8) is 0 Å². The van der Waals surface area contributed by atoms with Crippen molar-refractivity contribution in [2.24, 2.45) is 0 Å². The van der Waals surface area contributed by atoms with E-state index in [2.05, 4.69) is 31.0 Å². The summed E-state index contributed by atoms with van der Waals surface area (Å²) in [6.07, 6.45) is 18.6. The molecule has 0 bridgehead atoms. The van der Waals surface area contributed by atoms with Gasteiger partial charge in [0.1, 0.15) is 5.75 Å². The number of ether oxygens (including phenoxy) is 1. The van der Waals surface area contributed by atoms with Gasteiger partial charge in [-0.3, -0.25) is 4.40 Å². The van der Waals surface area contributed by atoms with E-state index >= 15 is 0 Å². The van der Waals surface area contributed by atoms with Gasteiger partial charge in [-0.2, -0.15) is 0 Å². The lowest BCUT2D eigenvalue weighted by Gasteiger charge is -2.07. The molecule has 0 saturated heterocycles. The maximum Gasteiger partial charge on any atom is 0.194 e. The van der Waals surface area contributed by atoms with Crippen molar-refractivity contribution >= 4 is 16.3 Å². The van der Waals surface area contributed by atoms with Crippen LogP contribution < -0.4 is 4.74 Å². The molecule has 0 aliphatic carbocycles. The van der Waals surface area contributed by atoms with Crippen LogP contribution in [0.1, 0.15) is 96.5 Å². The second kappa shape index (κ2) is 15.2. The highest BCUT2D eigenvalue weighted by molar-refractivity contribution is 7.20. The van der Waals surface area contributed by atoms with E-state index < -0.39 is 11.6 Å². The normalized spacial score (nSPS) is 11.5. The largest absolute Gasteiger partial charge is 0.494 e. The van der Waals surface area contributed by atoms with Crippen molar-refractivity contribution in [1.82, 2.24) is 9.38 Å². The average Bonchev–Trinajstić information content (AvgIpc) is 3.52. The SMILES string of the molecule is CCCCCCCCOc1ccc(-c2cn3cc(-c4ccc(CCCCCCCC)c(F)c4F)nc3s2)cc1. The van der Waals surface area contributed by atoms with Crippen molar-refractivity contribution in [1.29, 1.82) is 0 Å². The zero-order chi connectivity index (χ0) is 27.5. The van der Waals surface area contributed by atoms with E-state index in [4.69, 9.17) is 4.74 Å². The van der Waals surface area contributed by atoms with E-state index in [1.165, 1.54) is 62.7 Å². The number of benzene rings is 2. The third kappa shape index (κ3) is 8.14. The Balaban J connectivity index is 1.33. The third-order valence-electron chi connectivity index (χ3n) is 7.30. The van der Waals surface area contributed by atoms with Crippen LogP contribution in [0, 0.1) is 11.6 Å². The van der Waals surface area contributed by atoms with E-state index in [0.29, 0.717) is 17.7 Å². The molecule has 0 radical (unpaired) electrons. The molecule has 0 aliphatic rings. The van der Waals surface area contributed by atoms with Gasteiger partial charge in [-0.05, 0) is 60.7 Å². The minimum absolute atomic E-state index is 0.212. The standard InChI is InChI=1S/C33H42F2N2OS/c1-3-5-7-9-11-13-15-26-18-21-28(32(35)31(26)34)29-23-37-24-30(39-33(37)36-29)25-16-19-27(20-17-25)38-22-14-12-10-8-6-4-2/h16-21,23-24H,3-15,22H2,1-2H3. The molecule has 39 heavy (non-hydrogen) atoms. The van der Waals surface area contributed by atoms with Crippen LogP contribution >= 0.6 is 11.3 Å². The first-order valence-corrected chi connectivity index (χ1v) is 15.6. The van der Waals surface area contributed by atoms with Gasteiger partial charge in [0.2, 0.25) is 0 Å². The van der Waals surface area contributed by atoms with Crippen LogP contribution in [0.2, 0.25) is 0 Å². The van der Waals surface area contributed by atoms with Crippen LogP contribution in [0.15, 0.2) is 48.8 Å². The highest BCUT2D eigenvalue weighted by Gasteiger charge is 2.18. The fraction of sp³-hybridized carbons (Fsp3) is 0.485. The molecular formula is C33H42F2N2OS. The van der Waals surface area contributed by atoms with Gasteiger partial charge in [0.25, 0.3) is 0 Å². The van der Waals surface area contributed by atoms with Gasteiger partial charge >= 0.3 is 0 Å². The van der Waals surface area contributed by atoms with Crippen LogP contribution in [0.5, 0.6) is 5.75 Å². The number of halogens is 2. The molecule has 0 saturated carbocycles. The molecule has 0 aliphatic heterocycles. The summed E-state index contributed by atoms with van der Waals surface area (Å²) in [6.45, 7) is 5.17. The number of aromatic nitrogens is 2. The molecule has 0 unspecified atom stereocenters. The highest BCUT2D eigenvalue weighted by Crippen LogP contribution is 2.33. The molecule has 2 heterocycles. The molecule has 4 rings (SSSR count). The number of imidazole rings is 1. The molecule has 3 nitrogen and oxygen atoms in total. The van der Waals surface area contributed by atoms with Crippen molar-refractivity contribution in [2.45, 2.75) is 97.3 Å². The summed E-state index contributed by atoms with van der Waals surface area (Å²) in [5, 5.41) is 0. The monoisotopic (exact) mass is 552 g/mol. The summed E-state index contributed by atoms with van der Waals surface area (Å²) in [5.41, 5.74) is 2.20. The van der Waals surface area contributed by atoms with Gasteiger partial charge in [-0.1, -0.05) is 95.5 Å². The Morgan fingerprint density at radius 3 is 2.10 bits per heavy atom. The first-order valence-electron chi connectivity index (χ1n) is 14.8. The summed E-state index contributed by atoms with van der Waals surface area (Å²) in [4.78, 5) is 6.42. The quantitative estimate of drug-likeness (QED) is 0.122. The van der Waals surface area contributed by atoms with Crippen LogP contribution in [0.4, 0.5) is 8.78 Å². The molecule has 210 valence electrons. The third-order valence-corrected chi connectivity index (χ3v) is 8.34. The van der Waals surface area contributed by atoms with E-state index in [1.54, 1.807) is 18.3 Å². The van der Waals surface area contributed by atoms with Crippen molar-refractivity contribution in [2.75, 3.05) is 6.61 Å². The Morgan fingerprint density at radius 2 is 1.41 bits per heavy atom. The van der Waals surface area contributed by atoms with E-state index in [9.17, 15) is 8.78 Å². The summed E-state index contributed by atoms with van der Waals surface area (Å²) >= 11 is 1.53. The Kier molecular flexibility index (Phi) is 11.4. The lowest BCUT2D eigenvalue weighted by Crippen LogP contribution is -1.98. The number of thiazole rings is 1. The van der Waals surface area contributed by atoms with Gasteiger partial charge in [-0.25, -0.2) is 13.8 Å². The number of nitrogens with zero attached hydrogens (tertiary/aromatic N) is 2. The van der Waals surface area contributed by atoms with Gasteiger partial charge < -0.3 is 4.74 Å². The van der Waals surface area contributed by atoms with Crippen LogP contribution in [-0.2, 0) is 6.42 Å². The van der Waals surface area contributed by atoms with Gasteiger partial charge in [0.05, 0.1) is 17.2 Å². The number of aryl methyl sites for hydroxylation is 1. The van der Waals surface area contributed by atoms with Gasteiger partial charge in [-0.15, -0.1) is 0 Å².